The summed E-state index contributed by atoms with van der Waals surface area (Å²) >= 11 is 2.91. The van der Waals surface area contributed by atoms with Crippen LogP contribution >= 0.6 is 23.1 Å². The molecule has 0 radical (unpaired) electrons. The number of thioether (sulfide) groups is 1. The number of ether oxygens (including phenoxy) is 1. The fourth-order valence-corrected chi connectivity index (χ4v) is 2.59. The molecule has 1 rings (SSSR count). The van der Waals surface area contributed by atoms with Gasteiger partial charge in [-0.2, -0.15) is 0 Å². The average molecular weight is 288 g/mol. The van der Waals surface area contributed by atoms with Crippen molar-refractivity contribution in [2.45, 2.75) is 12.6 Å². The normalized spacial score (nSPS) is 11.9. The van der Waals surface area contributed by atoms with Gasteiger partial charge in [-0.3, -0.25) is 9.59 Å². The first kappa shape index (κ1) is 15.0. The van der Waals surface area contributed by atoms with E-state index < -0.39 is 12.0 Å². The maximum Gasteiger partial charge on any atom is 0.323 e. The Morgan fingerprint density at radius 2 is 2.39 bits per heavy atom. The van der Waals surface area contributed by atoms with Crippen LogP contribution in [0, 0.1) is 0 Å². The number of nitrogens with two attached hydrogens (primary N) is 1. The lowest BCUT2D eigenvalue weighted by Crippen LogP contribution is -2.34. The van der Waals surface area contributed by atoms with Crippen LogP contribution in [-0.2, 0) is 20.9 Å². The third-order valence-electron chi connectivity index (χ3n) is 2.07. The highest BCUT2D eigenvalue weighted by atomic mass is 32.2. The quantitative estimate of drug-likeness (QED) is 0.718. The van der Waals surface area contributed by atoms with Crippen LogP contribution in [0.15, 0.2) is 17.5 Å². The summed E-state index contributed by atoms with van der Waals surface area (Å²) in [5.41, 5.74) is 5.54. The predicted octanol–water partition coefficient (Wildman–Crippen LogP) is 0.598. The number of carbonyl (C=O) groups is 2. The maximum absolute atomic E-state index is 11.5. The fourth-order valence-electron chi connectivity index (χ4n) is 1.15. The van der Waals surface area contributed by atoms with E-state index in [1.165, 1.54) is 18.9 Å². The van der Waals surface area contributed by atoms with E-state index in [0.29, 0.717) is 12.3 Å². The summed E-state index contributed by atoms with van der Waals surface area (Å²) in [6, 6.07) is 3.23. The molecule has 1 aromatic rings. The van der Waals surface area contributed by atoms with Gasteiger partial charge < -0.3 is 15.8 Å². The Balaban J connectivity index is 2.12. The molecule has 0 saturated heterocycles. The Morgan fingerprint density at radius 3 is 3.00 bits per heavy atom. The van der Waals surface area contributed by atoms with Crippen LogP contribution in [0.3, 0.4) is 0 Å². The first-order chi connectivity index (χ1) is 8.63. The van der Waals surface area contributed by atoms with Gasteiger partial charge in [0.1, 0.15) is 6.04 Å². The van der Waals surface area contributed by atoms with E-state index in [-0.39, 0.29) is 11.7 Å². The third kappa shape index (κ3) is 5.52. The molecule has 7 heteroatoms. The van der Waals surface area contributed by atoms with Gasteiger partial charge in [0, 0.05) is 10.6 Å². The van der Waals surface area contributed by atoms with E-state index in [1.54, 1.807) is 11.3 Å². The molecule has 1 aromatic heterocycles. The van der Waals surface area contributed by atoms with E-state index >= 15 is 0 Å². The van der Waals surface area contributed by atoms with Gasteiger partial charge >= 0.3 is 5.97 Å². The minimum absolute atomic E-state index is 0.0644. The van der Waals surface area contributed by atoms with Gasteiger partial charge in [0.2, 0.25) is 5.91 Å². The zero-order valence-corrected chi connectivity index (χ0v) is 11.7. The third-order valence-corrected chi connectivity index (χ3v) is 4.01. The van der Waals surface area contributed by atoms with Gasteiger partial charge in [0.15, 0.2) is 0 Å². The van der Waals surface area contributed by atoms with E-state index in [9.17, 15) is 9.59 Å². The number of nitrogens with one attached hydrogen (secondary N) is 1. The standard InChI is InChI=1S/C11H16N2O3S2/c1-16-11(15)9(12)6-17-7-10(14)13-5-8-3-2-4-18-8/h2-4,9H,5-7,12H2,1H3,(H,13,14). The van der Waals surface area contributed by atoms with Gasteiger partial charge in [-0.15, -0.1) is 23.1 Å². The molecule has 0 saturated carbocycles. The first-order valence-corrected chi connectivity index (χ1v) is 7.37. The average Bonchev–Trinajstić information content (AvgIpc) is 2.88. The summed E-state index contributed by atoms with van der Waals surface area (Å²) in [4.78, 5) is 23.6. The molecule has 100 valence electrons. The molecular weight excluding hydrogens is 272 g/mol. The van der Waals surface area contributed by atoms with Crippen molar-refractivity contribution >= 4 is 35.0 Å². The number of esters is 1. The van der Waals surface area contributed by atoms with Crippen molar-refractivity contribution in [3.05, 3.63) is 22.4 Å². The number of hydrogen-bond donors (Lipinski definition) is 2. The molecule has 5 nitrogen and oxygen atoms in total. The highest BCUT2D eigenvalue weighted by molar-refractivity contribution is 8.00. The van der Waals surface area contributed by atoms with Crippen molar-refractivity contribution in [3.63, 3.8) is 0 Å². The fraction of sp³-hybridized carbons (Fsp3) is 0.455. The lowest BCUT2D eigenvalue weighted by Gasteiger charge is -2.08. The molecule has 0 aliphatic carbocycles. The number of rotatable bonds is 7. The molecule has 0 fully saturated rings. The Morgan fingerprint density at radius 1 is 1.61 bits per heavy atom. The van der Waals surface area contributed by atoms with Gasteiger partial charge in [-0.1, -0.05) is 6.07 Å². The lowest BCUT2D eigenvalue weighted by molar-refractivity contribution is -0.141. The summed E-state index contributed by atoms with van der Waals surface area (Å²) in [6.07, 6.45) is 0. The van der Waals surface area contributed by atoms with Crippen LogP contribution in [0.2, 0.25) is 0 Å². The molecule has 0 spiro atoms. The second-order valence-corrected chi connectivity index (χ2v) is 5.56. The first-order valence-electron chi connectivity index (χ1n) is 5.33. The molecule has 1 heterocycles. The number of amides is 1. The van der Waals surface area contributed by atoms with Crippen LogP contribution in [0.4, 0.5) is 0 Å². The zero-order valence-electron chi connectivity index (χ0n) is 10.0. The maximum atomic E-state index is 11.5. The smallest absolute Gasteiger partial charge is 0.323 e. The number of methoxy groups -OCH3 is 1. The molecule has 1 unspecified atom stereocenters. The van der Waals surface area contributed by atoms with E-state index in [0.717, 1.165) is 4.88 Å². The van der Waals surface area contributed by atoms with Gasteiger partial charge in [0.05, 0.1) is 19.4 Å². The van der Waals surface area contributed by atoms with Crippen molar-refractivity contribution in [1.82, 2.24) is 5.32 Å². The Labute approximate surface area is 114 Å². The molecule has 3 N–H and O–H groups in total. The monoisotopic (exact) mass is 288 g/mol. The Bertz CT molecular complexity index is 382. The summed E-state index contributed by atoms with van der Waals surface area (Å²) in [5.74, 6) is 0.141. The van der Waals surface area contributed by atoms with Crippen LogP contribution < -0.4 is 11.1 Å². The zero-order chi connectivity index (χ0) is 13.4. The Hall–Kier alpha value is -1.05. The topological polar surface area (TPSA) is 81.4 Å². The summed E-state index contributed by atoms with van der Waals surface area (Å²) in [7, 11) is 1.29. The van der Waals surface area contributed by atoms with Gasteiger partial charge in [-0.05, 0) is 11.4 Å². The van der Waals surface area contributed by atoms with Crippen LogP contribution in [0.25, 0.3) is 0 Å². The second-order valence-electron chi connectivity index (χ2n) is 3.50. The largest absolute Gasteiger partial charge is 0.468 e. The molecule has 18 heavy (non-hydrogen) atoms. The molecule has 1 atom stereocenters. The van der Waals surface area contributed by atoms with Gasteiger partial charge in [0.25, 0.3) is 0 Å². The SMILES string of the molecule is COC(=O)C(N)CSCC(=O)NCc1cccs1. The van der Waals surface area contributed by atoms with Crippen LogP contribution in [0.1, 0.15) is 4.88 Å². The van der Waals surface area contributed by atoms with Crippen molar-refractivity contribution in [3.8, 4) is 0 Å². The minimum Gasteiger partial charge on any atom is -0.468 e. The number of hydrogen-bond acceptors (Lipinski definition) is 6. The Kier molecular flexibility index (Phi) is 6.77. The lowest BCUT2D eigenvalue weighted by atomic mass is 10.4. The van der Waals surface area contributed by atoms with E-state index in [1.807, 2.05) is 17.5 Å². The molecule has 0 bridgehead atoms. The summed E-state index contributed by atoms with van der Waals surface area (Å²) < 4.78 is 4.49. The minimum atomic E-state index is -0.676. The van der Waals surface area contributed by atoms with E-state index in [4.69, 9.17) is 5.73 Å². The van der Waals surface area contributed by atoms with E-state index in [2.05, 4.69) is 10.1 Å². The van der Waals surface area contributed by atoms with Crippen LogP contribution in [-0.4, -0.2) is 36.5 Å². The predicted molar refractivity (Wildman–Crippen MR) is 73.5 cm³/mol. The number of thiophene rings is 1. The molecule has 1 amide bonds. The highest BCUT2D eigenvalue weighted by Crippen LogP contribution is 2.08. The highest BCUT2D eigenvalue weighted by Gasteiger charge is 2.14. The molecule has 0 aliphatic heterocycles. The van der Waals surface area contributed by atoms with Gasteiger partial charge in [-0.25, -0.2) is 0 Å². The number of carbonyl (C=O) groups excluding carboxylic acids is 2. The summed E-state index contributed by atoms with van der Waals surface area (Å²) in [6.45, 7) is 0.542. The molecule has 0 aromatic carbocycles. The van der Waals surface area contributed by atoms with Crippen molar-refractivity contribution < 1.29 is 14.3 Å². The van der Waals surface area contributed by atoms with Crippen molar-refractivity contribution in [2.24, 2.45) is 5.73 Å². The van der Waals surface area contributed by atoms with Crippen molar-refractivity contribution in [1.29, 1.82) is 0 Å². The molecule has 0 aliphatic rings. The second kappa shape index (κ2) is 8.12. The molecular formula is C11H16N2O3S2. The van der Waals surface area contributed by atoms with Crippen molar-refractivity contribution in [2.75, 3.05) is 18.6 Å². The summed E-state index contributed by atoms with van der Waals surface area (Å²) in [5, 5.41) is 4.76. The van der Waals surface area contributed by atoms with Crippen LogP contribution in [0.5, 0.6) is 0 Å².